The molecule has 4 heteroatoms. The van der Waals surface area contributed by atoms with E-state index in [-0.39, 0.29) is 0 Å². The number of benzene rings is 1. The average Bonchev–Trinajstić information content (AvgIpc) is 2.44. The van der Waals surface area contributed by atoms with Crippen LogP contribution in [0.4, 0.5) is 0 Å². The van der Waals surface area contributed by atoms with E-state index in [1.807, 2.05) is 20.2 Å². The monoisotopic (exact) mass is 176 g/mol. The SMILES string of the molecule is CNCc1ccc2nn(C)nc2c1. The molecular weight excluding hydrogens is 164 g/mol. The second-order valence-electron chi connectivity index (χ2n) is 3.04. The van der Waals surface area contributed by atoms with Crippen LogP contribution in [0.15, 0.2) is 18.2 Å². The molecule has 0 amide bonds. The molecule has 2 rings (SSSR count). The molecule has 0 fully saturated rings. The fraction of sp³-hybridized carbons (Fsp3) is 0.333. The maximum absolute atomic E-state index is 4.23. The molecule has 0 unspecified atom stereocenters. The highest BCUT2D eigenvalue weighted by Gasteiger charge is 2.00. The summed E-state index contributed by atoms with van der Waals surface area (Å²) in [6, 6.07) is 6.11. The number of nitrogens with one attached hydrogen (secondary N) is 1. The molecule has 0 aliphatic heterocycles. The average molecular weight is 176 g/mol. The van der Waals surface area contributed by atoms with E-state index in [1.54, 1.807) is 4.80 Å². The van der Waals surface area contributed by atoms with Crippen molar-refractivity contribution in [3.05, 3.63) is 23.8 Å². The summed E-state index contributed by atoms with van der Waals surface area (Å²) < 4.78 is 0. The van der Waals surface area contributed by atoms with Crippen LogP contribution in [0.25, 0.3) is 11.0 Å². The number of nitrogens with zero attached hydrogens (tertiary/aromatic N) is 3. The first-order chi connectivity index (χ1) is 6.29. The molecule has 0 saturated heterocycles. The molecule has 1 N–H and O–H groups in total. The lowest BCUT2D eigenvalue weighted by Gasteiger charge is -1.97. The lowest BCUT2D eigenvalue weighted by Crippen LogP contribution is -2.04. The summed E-state index contributed by atoms with van der Waals surface area (Å²) in [6.45, 7) is 0.868. The third kappa shape index (κ3) is 1.53. The Morgan fingerprint density at radius 2 is 2.08 bits per heavy atom. The Morgan fingerprint density at radius 3 is 2.85 bits per heavy atom. The maximum atomic E-state index is 4.23. The summed E-state index contributed by atoms with van der Waals surface area (Å²) in [6.07, 6.45) is 0. The summed E-state index contributed by atoms with van der Waals surface area (Å²) in [4.78, 5) is 1.59. The Hall–Kier alpha value is -1.42. The second kappa shape index (κ2) is 3.14. The van der Waals surface area contributed by atoms with Crippen LogP contribution >= 0.6 is 0 Å². The van der Waals surface area contributed by atoms with Crippen LogP contribution in [0, 0.1) is 0 Å². The van der Waals surface area contributed by atoms with Gasteiger partial charge < -0.3 is 5.32 Å². The van der Waals surface area contributed by atoms with Gasteiger partial charge in [0.25, 0.3) is 0 Å². The van der Waals surface area contributed by atoms with Crippen molar-refractivity contribution < 1.29 is 0 Å². The third-order valence-electron chi connectivity index (χ3n) is 1.93. The Morgan fingerprint density at radius 1 is 1.31 bits per heavy atom. The number of aryl methyl sites for hydroxylation is 1. The summed E-state index contributed by atoms with van der Waals surface area (Å²) in [5.41, 5.74) is 3.13. The van der Waals surface area contributed by atoms with Crippen molar-refractivity contribution in [3.63, 3.8) is 0 Å². The smallest absolute Gasteiger partial charge is 0.113 e. The minimum atomic E-state index is 0.868. The molecule has 1 aromatic carbocycles. The number of rotatable bonds is 2. The van der Waals surface area contributed by atoms with Gasteiger partial charge in [-0.25, -0.2) is 0 Å². The van der Waals surface area contributed by atoms with E-state index in [4.69, 9.17) is 0 Å². The van der Waals surface area contributed by atoms with Crippen LogP contribution in [-0.2, 0) is 13.6 Å². The zero-order valence-corrected chi connectivity index (χ0v) is 7.78. The molecule has 0 aliphatic carbocycles. The number of hydrogen-bond acceptors (Lipinski definition) is 3. The minimum Gasteiger partial charge on any atom is -0.316 e. The zero-order valence-electron chi connectivity index (χ0n) is 7.78. The molecule has 0 saturated carbocycles. The Labute approximate surface area is 76.6 Å². The van der Waals surface area contributed by atoms with E-state index in [2.05, 4.69) is 27.6 Å². The van der Waals surface area contributed by atoms with Gasteiger partial charge in [0.05, 0.1) is 0 Å². The van der Waals surface area contributed by atoms with Gasteiger partial charge in [0.1, 0.15) is 11.0 Å². The number of hydrogen-bond donors (Lipinski definition) is 1. The van der Waals surface area contributed by atoms with E-state index in [0.29, 0.717) is 0 Å². The van der Waals surface area contributed by atoms with Crippen LogP contribution in [0.3, 0.4) is 0 Å². The van der Waals surface area contributed by atoms with E-state index < -0.39 is 0 Å². The molecule has 0 spiro atoms. The quantitative estimate of drug-likeness (QED) is 0.732. The predicted molar refractivity (Wildman–Crippen MR) is 51.3 cm³/mol. The summed E-state index contributed by atoms with van der Waals surface area (Å²) in [7, 11) is 3.76. The fourth-order valence-corrected chi connectivity index (χ4v) is 1.38. The first-order valence-electron chi connectivity index (χ1n) is 4.24. The number of fused-ring (bicyclic) bond motifs is 1. The first kappa shape index (κ1) is 8.19. The van der Waals surface area contributed by atoms with Crippen molar-refractivity contribution in [2.45, 2.75) is 6.54 Å². The Balaban J connectivity index is 2.48. The number of aromatic nitrogens is 3. The van der Waals surface area contributed by atoms with Crippen LogP contribution in [0.1, 0.15) is 5.56 Å². The van der Waals surface area contributed by atoms with Gasteiger partial charge in [0.15, 0.2) is 0 Å². The highest BCUT2D eigenvalue weighted by Crippen LogP contribution is 2.10. The van der Waals surface area contributed by atoms with Gasteiger partial charge in [-0.15, -0.1) is 0 Å². The highest BCUT2D eigenvalue weighted by atomic mass is 15.4. The summed E-state index contributed by atoms with van der Waals surface area (Å²) >= 11 is 0. The summed E-state index contributed by atoms with van der Waals surface area (Å²) in [5.74, 6) is 0. The van der Waals surface area contributed by atoms with Crippen LogP contribution < -0.4 is 5.32 Å². The topological polar surface area (TPSA) is 42.7 Å². The van der Waals surface area contributed by atoms with Crippen LogP contribution in [0.5, 0.6) is 0 Å². The van der Waals surface area contributed by atoms with Gasteiger partial charge in [-0.2, -0.15) is 15.0 Å². The maximum Gasteiger partial charge on any atom is 0.113 e. The van der Waals surface area contributed by atoms with Gasteiger partial charge in [-0.05, 0) is 24.7 Å². The van der Waals surface area contributed by atoms with Crippen molar-refractivity contribution in [3.8, 4) is 0 Å². The van der Waals surface area contributed by atoms with Crippen molar-refractivity contribution in [2.24, 2.45) is 7.05 Å². The second-order valence-corrected chi connectivity index (χ2v) is 3.04. The van der Waals surface area contributed by atoms with Gasteiger partial charge in [-0.1, -0.05) is 6.07 Å². The van der Waals surface area contributed by atoms with Crippen molar-refractivity contribution in [1.82, 2.24) is 20.3 Å². The molecule has 1 heterocycles. The van der Waals surface area contributed by atoms with Crippen LogP contribution in [0.2, 0.25) is 0 Å². The molecule has 0 atom stereocenters. The predicted octanol–water partition coefficient (Wildman–Crippen LogP) is 0.688. The largest absolute Gasteiger partial charge is 0.316 e. The highest BCUT2D eigenvalue weighted by molar-refractivity contribution is 5.74. The lowest BCUT2D eigenvalue weighted by atomic mass is 10.2. The molecule has 2 aromatic rings. The molecule has 0 aliphatic rings. The minimum absolute atomic E-state index is 0.868. The molecule has 1 aromatic heterocycles. The van der Waals surface area contributed by atoms with Gasteiger partial charge in [0, 0.05) is 13.6 Å². The molecule has 0 radical (unpaired) electrons. The Bertz CT molecular complexity index is 418. The lowest BCUT2D eigenvalue weighted by molar-refractivity contribution is 0.665. The molecule has 0 bridgehead atoms. The van der Waals surface area contributed by atoms with Gasteiger partial charge in [-0.3, -0.25) is 0 Å². The first-order valence-corrected chi connectivity index (χ1v) is 4.24. The third-order valence-corrected chi connectivity index (χ3v) is 1.93. The van der Waals surface area contributed by atoms with Gasteiger partial charge >= 0.3 is 0 Å². The molecule has 13 heavy (non-hydrogen) atoms. The molecule has 4 nitrogen and oxygen atoms in total. The van der Waals surface area contributed by atoms with Crippen molar-refractivity contribution in [1.29, 1.82) is 0 Å². The van der Waals surface area contributed by atoms with E-state index in [1.165, 1.54) is 5.56 Å². The van der Waals surface area contributed by atoms with Crippen molar-refractivity contribution >= 4 is 11.0 Å². The fourth-order valence-electron chi connectivity index (χ4n) is 1.38. The van der Waals surface area contributed by atoms with Crippen molar-refractivity contribution in [2.75, 3.05) is 7.05 Å². The normalized spacial score (nSPS) is 10.9. The molecule has 68 valence electrons. The summed E-state index contributed by atoms with van der Waals surface area (Å²) in [5, 5.41) is 11.5. The van der Waals surface area contributed by atoms with Gasteiger partial charge in [0.2, 0.25) is 0 Å². The molecular formula is C9H12N4. The standard InChI is InChI=1S/C9H12N4/c1-10-6-7-3-4-8-9(5-7)12-13(2)11-8/h3-5,10H,6H2,1-2H3. The Kier molecular flexibility index (Phi) is 1.98. The van der Waals surface area contributed by atoms with E-state index >= 15 is 0 Å². The van der Waals surface area contributed by atoms with E-state index in [0.717, 1.165) is 17.6 Å². The van der Waals surface area contributed by atoms with E-state index in [9.17, 15) is 0 Å². The van der Waals surface area contributed by atoms with Crippen LogP contribution in [-0.4, -0.2) is 22.0 Å². The zero-order chi connectivity index (χ0) is 9.26.